The standard InChI is InChI=1S/C13H23N3S/c1-4-8-14-12(11-6-9-15-16(11)3)13(2)7-5-10-17-13/h6,9,12,14H,4-5,7-8,10H2,1-3H3. The summed E-state index contributed by atoms with van der Waals surface area (Å²) in [6.45, 7) is 5.69. The second kappa shape index (κ2) is 5.44. The van der Waals surface area contributed by atoms with E-state index in [0.717, 1.165) is 6.54 Å². The first kappa shape index (κ1) is 13.0. The minimum Gasteiger partial charge on any atom is -0.308 e. The van der Waals surface area contributed by atoms with Gasteiger partial charge in [0.05, 0.1) is 11.7 Å². The third-order valence-corrected chi connectivity index (χ3v) is 5.21. The summed E-state index contributed by atoms with van der Waals surface area (Å²) in [7, 11) is 2.04. The van der Waals surface area contributed by atoms with Crippen LogP contribution in [-0.2, 0) is 7.05 Å². The van der Waals surface area contributed by atoms with Crippen molar-refractivity contribution in [3.8, 4) is 0 Å². The molecular weight excluding hydrogens is 230 g/mol. The zero-order valence-corrected chi connectivity index (χ0v) is 11.9. The molecule has 0 aliphatic carbocycles. The molecule has 1 N–H and O–H groups in total. The molecule has 4 heteroatoms. The Hall–Kier alpha value is -0.480. The molecule has 2 unspecified atom stereocenters. The fraction of sp³-hybridized carbons (Fsp3) is 0.769. The second-order valence-corrected chi connectivity index (χ2v) is 6.66. The van der Waals surface area contributed by atoms with E-state index in [0.29, 0.717) is 10.8 Å². The topological polar surface area (TPSA) is 29.9 Å². The number of nitrogens with zero attached hydrogens (tertiary/aromatic N) is 2. The molecule has 0 saturated carbocycles. The first-order valence-corrected chi connectivity index (χ1v) is 7.51. The lowest BCUT2D eigenvalue weighted by Gasteiger charge is -2.34. The van der Waals surface area contributed by atoms with Crippen molar-refractivity contribution in [2.75, 3.05) is 12.3 Å². The number of aryl methyl sites for hydroxylation is 1. The highest BCUT2D eigenvalue weighted by atomic mass is 32.2. The summed E-state index contributed by atoms with van der Waals surface area (Å²) < 4.78 is 2.33. The van der Waals surface area contributed by atoms with Gasteiger partial charge in [0, 0.05) is 18.0 Å². The van der Waals surface area contributed by atoms with Gasteiger partial charge in [0.2, 0.25) is 0 Å². The first-order valence-electron chi connectivity index (χ1n) is 6.52. The molecule has 0 bridgehead atoms. The normalized spacial score (nSPS) is 26.3. The van der Waals surface area contributed by atoms with Crippen molar-refractivity contribution < 1.29 is 0 Å². The Balaban J connectivity index is 2.21. The van der Waals surface area contributed by atoms with Crippen molar-refractivity contribution in [3.05, 3.63) is 18.0 Å². The average Bonchev–Trinajstić information content (AvgIpc) is 2.90. The van der Waals surface area contributed by atoms with Crippen molar-refractivity contribution in [1.82, 2.24) is 15.1 Å². The second-order valence-electron chi connectivity index (χ2n) is 5.03. The van der Waals surface area contributed by atoms with Crippen LogP contribution in [-0.4, -0.2) is 26.8 Å². The summed E-state index contributed by atoms with van der Waals surface area (Å²) in [5.74, 6) is 1.29. The minimum absolute atomic E-state index is 0.322. The molecule has 0 aromatic carbocycles. The molecule has 1 fully saturated rings. The van der Waals surface area contributed by atoms with Crippen LogP contribution in [0.2, 0.25) is 0 Å². The van der Waals surface area contributed by atoms with E-state index in [1.54, 1.807) is 0 Å². The van der Waals surface area contributed by atoms with Crippen molar-refractivity contribution in [3.63, 3.8) is 0 Å². The summed E-state index contributed by atoms with van der Waals surface area (Å²) in [5.41, 5.74) is 1.32. The number of thioether (sulfide) groups is 1. The van der Waals surface area contributed by atoms with Crippen molar-refractivity contribution in [1.29, 1.82) is 0 Å². The summed E-state index contributed by atoms with van der Waals surface area (Å²) in [4.78, 5) is 0. The molecule has 3 nitrogen and oxygen atoms in total. The molecule has 17 heavy (non-hydrogen) atoms. The van der Waals surface area contributed by atoms with Crippen LogP contribution in [0.15, 0.2) is 12.3 Å². The van der Waals surface area contributed by atoms with Gasteiger partial charge in [0.1, 0.15) is 0 Å². The number of hydrogen-bond acceptors (Lipinski definition) is 3. The van der Waals surface area contributed by atoms with Gasteiger partial charge in [0.25, 0.3) is 0 Å². The number of nitrogens with one attached hydrogen (secondary N) is 1. The third kappa shape index (κ3) is 2.68. The van der Waals surface area contributed by atoms with E-state index in [4.69, 9.17) is 0 Å². The monoisotopic (exact) mass is 253 g/mol. The molecule has 1 aliphatic rings. The van der Waals surface area contributed by atoms with E-state index in [1.165, 1.54) is 30.7 Å². The van der Waals surface area contributed by atoms with Crippen molar-refractivity contribution in [2.45, 2.75) is 43.9 Å². The molecule has 2 atom stereocenters. The predicted octanol–water partition coefficient (Wildman–Crippen LogP) is 2.75. The molecule has 2 heterocycles. The Morgan fingerprint density at radius 2 is 2.47 bits per heavy atom. The van der Waals surface area contributed by atoms with E-state index in [1.807, 2.05) is 17.9 Å². The summed E-state index contributed by atoms with van der Waals surface area (Å²) in [6.07, 6.45) is 5.71. The van der Waals surface area contributed by atoms with Crippen LogP contribution in [0.3, 0.4) is 0 Å². The van der Waals surface area contributed by atoms with E-state index in [9.17, 15) is 0 Å². The van der Waals surface area contributed by atoms with E-state index in [-0.39, 0.29) is 0 Å². The maximum Gasteiger partial charge on any atom is 0.0638 e. The molecule has 0 radical (unpaired) electrons. The Bertz CT molecular complexity index is 355. The zero-order valence-electron chi connectivity index (χ0n) is 11.1. The van der Waals surface area contributed by atoms with Gasteiger partial charge in [-0.2, -0.15) is 16.9 Å². The number of hydrogen-bond donors (Lipinski definition) is 1. The highest BCUT2D eigenvalue weighted by molar-refractivity contribution is 8.00. The van der Waals surface area contributed by atoms with Crippen LogP contribution in [0.4, 0.5) is 0 Å². The Morgan fingerprint density at radius 1 is 1.65 bits per heavy atom. The Labute approximate surface area is 108 Å². The van der Waals surface area contributed by atoms with Gasteiger partial charge in [-0.15, -0.1) is 0 Å². The maximum absolute atomic E-state index is 4.32. The van der Waals surface area contributed by atoms with Gasteiger partial charge in [-0.3, -0.25) is 4.68 Å². The van der Waals surface area contributed by atoms with Gasteiger partial charge in [-0.25, -0.2) is 0 Å². The summed E-state index contributed by atoms with van der Waals surface area (Å²) in [5, 5.41) is 8.03. The fourth-order valence-corrected chi connectivity index (χ4v) is 4.03. The molecule has 1 aliphatic heterocycles. The third-order valence-electron chi connectivity index (χ3n) is 3.61. The Kier molecular flexibility index (Phi) is 4.15. The quantitative estimate of drug-likeness (QED) is 0.875. The minimum atomic E-state index is 0.322. The van der Waals surface area contributed by atoms with Gasteiger partial charge in [0.15, 0.2) is 0 Å². The predicted molar refractivity (Wildman–Crippen MR) is 74.3 cm³/mol. The van der Waals surface area contributed by atoms with Crippen LogP contribution in [0.1, 0.15) is 44.8 Å². The Morgan fingerprint density at radius 3 is 3.00 bits per heavy atom. The molecule has 0 spiro atoms. The average molecular weight is 253 g/mol. The lowest BCUT2D eigenvalue weighted by atomic mass is 9.93. The molecule has 1 saturated heterocycles. The van der Waals surface area contributed by atoms with Crippen LogP contribution in [0, 0.1) is 0 Å². The lowest BCUT2D eigenvalue weighted by Crippen LogP contribution is -2.39. The fourth-order valence-electron chi connectivity index (χ4n) is 2.62. The van der Waals surface area contributed by atoms with Crippen LogP contribution in [0.25, 0.3) is 0 Å². The molecule has 1 aromatic heterocycles. The highest BCUT2D eigenvalue weighted by Crippen LogP contribution is 2.46. The maximum atomic E-state index is 4.32. The molecular formula is C13H23N3S. The SMILES string of the molecule is CCCNC(c1ccnn1C)C1(C)CCCS1. The largest absolute Gasteiger partial charge is 0.308 e. The lowest BCUT2D eigenvalue weighted by molar-refractivity contribution is 0.393. The van der Waals surface area contributed by atoms with E-state index in [2.05, 4.69) is 42.1 Å². The van der Waals surface area contributed by atoms with Gasteiger partial charge >= 0.3 is 0 Å². The molecule has 2 rings (SSSR count). The van der Waals surface area contributed by atoms with Crippen LogP contribution < -0.4 is 5.32 Å². The molecule has 0 amide bonds. The highest BCUT2D eigenvalue weighted by Gasteiger charge is 2.39. The van der Waals surface area contributed by atoms with Gasteiger partial charge < -0.3 is 5.32 Å². The van der Waals surface area contributed by atoms with Crippen LogP contribution >= 0.6 is 11.8 Å². The zero-order chi connectivity index (χ0) is 12.3. The van der Waals surface area contributed by atoms with Gasteiger partial charge in [-0.05, 0) is 44.6 Å². The smallest absolute Gasteiger partial charge is 0.0638 e. The number of aromatic nitrogens is 2. The van der Waals surface area contributed by atoms with E-state index < -0.39 is 0 Å². The number of rotatable bonds is 5. The summed E-state index contributed by atoms with van der Waals surface area (Å²) in [6, 6.07) is 2.57. The van der Waals surface area contributed by atoms with Crippen LogP contribution in [0.5, 0.6) is 0 Å². The van der Waals surface area contributed by atoms with Gasteiger partial charge in [-0.1, -0.05) is 6.92 Å². The molecule has 96 valence electrons. The summed E-state index contributed by atoms with van der Waals surface area (Å²) >= 11 is 2.11. The molecule has 1 aromatic rings. The first-order chi connectivity index (χ1) is 8.17. The van der Waals surface area contributed by atoms with E-state index >= 15 is 0 Å². The van der Waals surface area contributed by atoms with Crippen molar-refractivity contribution in [2.24, 2.45) is 7.05 Å². The van der Waals surface area contributed by atoms with Crippen molar-refractivity contribution >= 4 is 11.8 Å².